The Morgan fingerprint density at radius 3 is 1.80 bits per heavy atom. The lowest BCUT2D eigenvalue weighted by molar-refractivity contribution is -0.136. The molecule has 0 aromatic carbocycles. The summed E-state index contributed by atoms with van der Waals surface area (Å²) in [5.74, 6) is 0. The van der Waals surface area contributed by atoms with Crippen molar-refractivity contribution in [3.8, 4) is 0 Å². The van der Waals surface area contributed by atoms with Crippen molar-refractivity contribution in [2.75, 3.05) is 0 Å². The van der Waals surface area contributed by atoms with E-state index in [1.165, 1.54) is 0 Å². The van der Waals surface area contributed by atoms with Crippen molar-refractivity contribution >= 4 is 29.8 Å². The normalized spacial score (nSPS) is 9.60. The van der Waals surface area contributed by atoms with Crippen LogP contribution in [0, 0.1) is 0 Å². The molecule has 1 N–H and O–H groups in total. The third-order valence-electron chi connectivity index (χ3n) is 0.0797. The van der Waals surface area contributed by atoms with E-state index in [0.29, 0.717) is 0 Å². The van der Waals surface area contributed by atoms with Crippen molar-refractivity contribution in [2.24, 2.45) is 0 Å². The third-order valence-corrected chi connectivity index (χ3v) is 0.717. The van der Waals surface area contributed by atoms with E-state index in [9.17, 15) is 0 Å². The standard InChI is InChI=1S/Cl2H2O2Si/c1-5(2)4-3/h3,5H. The summed E-state index contributed by atoms with van der Waals surface area (Å²) in [5, 5.41) is 7.44. The average Bonchev–Trinajstić information content (AvgIpc) is 1.38. The maximum atomic E-state index is 7.44. The maximum Gasteiger partial charge on any atom is 0.409 e. The zero-order chi connectivity index (χ0) is 4.28. The van der Waals surface area contributed by atoms with Crippen molar-refractivity contribution < 1.29 is 9.83 Å². The zero-order valence-corrected chi connectivity index (χ0v) is 4.86. The first-order valence-corrected chi connectivity index (χ1v) is 4.82. The molecule has 5 heavy (non-hydrogen) atoms. The molecule has 0 saturated heterocycles. The van der Waals surface area contributed by atoms with E-state index in [-0.39, 0.29) is 0 Å². The van der Waals surface area contributed by atoms with Crippen LogP contribution in [0.25, 0.3) is 0 Å². The molecule has 0 aliphatic rings. The molecular weight excluding hydrogens is 131 g/mol. The van der Waals surface area contributed by atoms with Crippen molar-refractivity contribution in [2.45, 2.75) is 0 Å². The Labute approximate surface area is 40.3 Å². The fourth-order valence-electron chi connectivity index (χ4n) is 0. The highest BCUT2D eigenvalue weighted by Crippen LogP contribution is 1.91. The van der Waals surface area contributed by atoms with Gasteiger partial charge in [-0.2, -0.15) is 0 Å². The molecule has 0 rings (SSSR count). The van der Waals surface area contributed by atoms with Crippen LogP contribution in [-0.4, -0.2) is 12.9 Å². The largest absolute Gasteiger partial charge is 0.409 e. The van der Waals surface area contributed by atoms with E-state index in [2.05, 4.69) is 4.58 Å². The molecule has 0 heterocycles. The third kappa shape index (κ3) is 4.72. The van der Waals surface area contributed by atoms with Crippen LogP contribution >= 0.6 is 22.2 Å². The first kappa shape index (κ1) is 5.72. The Morgan fingerprint density at radius 1 is 1.60 bits per heavy atom. The van der Waals surface area contributed by atoms with Crippen molar-refractivity contribution in [3.05, 3.63) is 0 Å². The van der Waals surface area contributed by atoms with E-state index in [1.807, 2.05) is 0 Å². The predicted molar refractivity (Wildman–Crippen MR) is 22.6 cm³/mol. The summed E-state index contributed by atoms with van der Waals surface area (Å²) >= 11 is 9.79. The molecule has 32 valence electrons. The van der Waals surface area contributed by atoms with Gasteiger partial charge in [0.1, 0.15) is 0 Å². The maximum absolute atomic E-state index is 7.44. The smallest absolute Gasteiger partial charge is 0.261 e. The van der Waals surface area contributed by atoms with Crippen LogP contribution in [0.4, 0.5) is 0 Å². The molecule has 0 bridgehead atoms. The van der Waals surface area contributed by atoms with Crippen LogP contribution in [0.3, 0.4) is 0 Å². The van der Waals surface area contributed by atoms with Crippen LogP contribution in [0.1, 0.15) is 0 Å². The molecule has 0 fully saturated rings. The van der Waals surface area contributed by atoms with Crippen LogP contribution < -0.4 is 0 Å². The topological polar surface area (TPSA) is 29.5 Å². The van der Waals surface area contributed by atoms with Gasteiger partial charge in [0.2, 0.25) is 0 Å². The molecule has 0 unspecified atom stereocenters. The van der Waals surface area contributed by atoms with Crippen LogP contribution in [-0.2, 0) is 4.58 Å². The summed E-state index contributed by atoms with van der Waals surface area (Å²) in [6.07, 6.45) is 0. The first-order chi connectivity index (χ1) is 2.27. The molecule has 0 aliphatic carbocycles. The van der Waals surface area contributed by atoms with Crippen molar-refractivity contribution in [3.63, 3.8) is 0 Å². The second-order valence-corrected chi connectivity index (χ2v) is 4.15. The van der Waals surface area contributed by atoms with Crippen molar-refractivity contribution in [1.29, 1.82) is 0 Å². The monoisotopic (exact) mass is 132 g/mol. The van der Waals surface area contributed by atoms with Gasteiger partial charge >= 0.3 is 7.66 Å². The number of rotatable bonds is 1. The Balaban J connectivity index is 2.54. The molecule has 0 radical (unpaired) electrons. The predicted octanol–water partition coefficient (Wildman–Crippen LogP) is 0.671. The average molecular weight is 133 g/mol. The van der Waals surface area contributed by atoms with Crippen molar-refractivity contribution in [1.82, 2.24) is 0 Å². The van der Waals surface area contributed by atoms with E-state index in [4.69, 9.17) is 27.4 Å². The van der Waals surface area contributed by atoms with Gasteiger partial charge in [0.15, 0.2) is 0 Å². The molecule has 0 aromatic rings. The highest BCUT2D eigenvalue weighted by molar-refractivity contribution is 7.30. The van der Waals surface area contributed by atoms with Gasteiger partial charge in [-0.15, -0.1) is 22.2 Å². The Morgan fingerprint density at radius 2 is 1.80 bits per heavy atom. The van der Waals surface area contributed by atoms with Crippen LogP contribution in [0.5, 0.6) is 0 Å². The zero-order valence-electron chi connectivity index (χ0n) is 2.19. The molecule has 0 saturated carbocycles. The quantitative estimate of drug-likeness (QED) is 0.246. The second kappa shape index (κ2) is 2.93. The molecule has 2 nitrogen and oxygen atoms in total. The van der Waals surface area contributed by atoms with E-state index in [1.54, 1.807) is 0 Å². The molecular formula is H2Cl2O2Si. The molecule has 0 amide bonds. The summed E-state index contributed by atoms with van der Waals surface area (Å²) in [4.78, 5) is 0. The Bertz CT molecular complexity index is 21.6. The SMILES string of the molecule is OO[SiH](Cl)Cl. The lowest BCUT2D eigenvalue weighted by atomic mass is 15.0. The molecule has 0 atom stereocenters. The first-order valence-electron chi connectivity index (χ1n) is 0.855. The molecule has 5 heteroatoms. The fraction of sp³-hybridized carbons (Fsp3) is 0. The van der Waals surface area contributed by atoms with Gasteiger partial charge < -0.3 is 0 Å². The summed E-state index contributed by atoms with van der Waals surface area (Å²) in [6.45, 7) is 0. The van der Waals surface area contributed by atoms with Gasteiger partial charge in [-0.25, -0.2) is 0 Å². The van der Waals surface area contributed by atoms with Gasteiger partial charge in [-0.05, 0) is 0 Å². The highest BCUT2D eigenvalue weighted by atomic mass is 35.7. The Hall–Kier alpha value is 0.717. The van der Waals surface area contributed by atoms with Gasteiger partial charge in [-0.3, -0.25) is 9.83 Å². The number of hydrogen-bond acceptors (Lipinski definition) is 2. The lowest BCUT2D eigenvalue weighted by Gasteiger charge is -1.83. The summed E-state index contributed by atoms with van der Waals surface area (Å²) in [6, 6.07) is 0. The lowest BCUT2D eigenvalue weighted by Crippen LogP contribution is -1.94. The van der Waals surface area contributed by atoms with E-state index in [0.717, 1.165) is 0 Å². The van der Waals surface area contributed by atoms with Crippen LogP contribution in [0.2, 0.25) is 0 Å². The summed E-state index contributed by atoms with van der Waals surface area (Å²) < 4.78 is 3.42. The molecule has 0 aliphatic heterocycles. The van der Waals surface area contributed by atoms with E-state index < -0.39 is 7.66 Å². The van der Waals surface area contributed by atoms with E-state index >= 15 is 0 Å². The van der Waals surface area contributed by atoms with Gasteiger partial charge in [0.25, 0.3) is 0 Å². The molecule has 0 aromatic heterocycles. The second-order valence-electron chi connectivity index (χ2n) is 0.366. The van der Waals surface area contributed by atoms with Gasteiger partial charge in [0, 0.05) is 0 Å². The fourth-order valence-corrected chi connectivity index (χ4v) is 0. The Kier molecular flexibility index (Phi) is 3.35. The highest BCUT2D eigenvalue weighted by Gasteiger charge is 1.95. The minimum absolute atomic E-state index is 2.15. The number of hydrogen-bond donors (Lipinski definition) is 1. The molecule has 0 spiro atoms. The van der Waals surface area contributed by atoms with Crippen LogP contribution in [0.15, 0.2) is 0 Å². The van der Waals surface area contributed by atoms with Gasteiger partial charge in [-0.1, -0.05) is 0 Å². The minimum atomic E-state index is -2.15. The minimum Gasteiger partial charge on any atom is -0.261 e. The number of halogens is 2. The van der Waals surface area contributed by atoms with Gasteiger partial charge in [0.05, 0.1) is 0 Å². The summed E-state index contributed by atoms with van der Waals surface area (Å²) in [5.41, 5.74) is 0. The summed E-state index contributed by atoms with van der Waals surface area (Å²) in [7, 11) is -2.15.